The van der Waals surface area contributed by atoms with Crippen molar-refractivity contribution in [3.05, 3.63) is 65.7 Å². The molecule has 162 valence electrons. The number of hydrogen-bond acceptors (Lipinski definition) is 4. The molecule has 1 aliphatic heterocycles. The van der Waals surface area contributed by atoms with Gasteiger partial charge in [-0.1, -0.05) is 55.0 Å². The quantitative estimate of drug-likeness (QED) is 0.567. The second-order valence-electron chi connectivity index (χ2n) is 7.90. The van der Waals surface area contributed by atoms with Crippen molar-refractivity contribution in [2.24, 2.45) is 0 Å². The van der Waals surface area contributed by atoms with Crippen molar-refractivity contribution in [3.8, 4) is 5.75 Å². The lowest BCUT2D eigenvalue weighted by Gasteiger charge is -2.30. The summed E-state index contributed by atoms with van der Waals surface area (Å²) in [6.07, 6.45) is 5.47. The van der Waals surface area contributed by atoms with Gasteiger partial charge in [0.15, 0.2) is 0 Å². The number of para-hydroxylation sites is 1. The van der Waals surface area contributed by atoms with Gasteiger partial charge >= 0.3 is 5.97 Å². The fraction of sp³-hybridized carbons (Fsp3) is 0.480. The molecule has 0 aliphatic carbocycles. The maximum Gasteiger partial charge on any atom is 0.305 e. The van der Waals surface area contributed by atoms with Crippen molar-refractivity contribution in [1.29, 1.82) is 0 Å². The monoisotopic (exact) mass is 411 g/mol. The molecule has 3 rings (SSSR count). The predicted molar refractivity (Wildman–Crippen MR) is 118 cm³/mol. The minimum atomic E-state index is -0.834. The Labute approximate surface area is 179 Å². The van der Waals surface area contributed by atoms with E-state index < -0.39 is 5.97 Å². The molecule has 1 heterocycles. The first-order valence-corrected chi connectivity index (χ1v) is 11.0. The van der Waals surface area contributed by atoms with Crippen LogP contribution < -0.4 is 4.74 Å². The molecule has 2 aromatic carbocycles. The summed E-state index contributed by atoms with van der Waals surface area (Å²) in [7, 11) is 0. The number of aliphatic carboxylic acids is 1. The molecule has 5 heteroatoms. The van der Waals surface area contributed by atoms with Gasteiger partial charge in [-0.25, -0.2) is 0 Å². The topological polar surface area (TPSA) is 59.0 Å². The number of aryl methyl sites for hydroxylation is 2. The molecule has 0 saturated carbocycles. The molecule has 1 saturated heterocycles. The van der Waals surface area contributed by atoms with Gasteiger partial charge in [-0.15, -0.1) is 0 Å². The van der Waals surface area contributed by atoms with Gasteiger partial charge in [0.25, 0.3) is 0 Å². The van der Waals surface area contributed by atoms with Gasteiger partial charge in [0, 0.05) is 6.54 Å². The molecule has 1 aliphatic rings. The van der Waals surface area contributed by atoms with Crippen LogP contribution in [0.3, 0.4) is 0 Å². The minimum absolute atomic E-state index is 0.0180. The van der Waals surface area contributed by atoms with Crippen LogP contribution in [0, 0.1) is 0 Å². The van der Waals surface area contributed by atoms with Crippen LogP contribution in [-0.4, -0.2) is 54.9 Å². The van der Waals surface area contributed by atoms with E-state index in [2.05, 4.69) is 35.2 Å². The summed E-state index contributed by atoms with van der Waals surface area (Å²) in [5.74, 6) is 0.0535. The Bertz CT molecular complexity index is 759. The summed E-state index contributed by atoms with van der Waals surface area (Å²) in [4.78, 5) is 13.3. The second kappa shape index (κ2) is 12.4. The van der Waals surface area contributed by atoms with E-state index in [1.165, 1.54) is 30.4 Å². The molecule has 1 fully saturated rings. The third kappa shape index (κ3) is 7.81. The van der Waals surface area contributed by atoms with Crippen LogP contribution in [-0.2, 0) is 22.4 Å². The van der Waals surface area contributed by atoms with E-state index in [1.54, 1.807) is 0 Å². The smallest absolute Gasteiger partial charge is 0.305 e. The number of likely N-dealkylation sites (tertiary alicyclic amines) is 1. The molecular formula is C25H33NO4. The van der Waals surface area contributed by atoms with E-state index in [9.17, 15) is 4.79 Å². The van der Waals surface area contributed by atoms with Crippen molar-refractivity contribution in [2.75, 3.05) is 32.8 Å². The highest BCUT2D eigenvalue weighted by molar-refractivity contribution is 5.66. The van der Waals surface area contributed by atoms with Crippen LogP contribution in [0.2, 0.25) is 0 Å². The van der Waals surface area contributed by atoms with Crippen LogP contribution in [0.1, 0.15) is 36.8 Å². The fourth-order valence-corrected chi connectivity index (χ4v) is 3.85. The zero-order valence-corrected chi connectivity index (χ0v) is 17.7. The highest BCUT2D eigenvalue weighted by atomic mass is 16.5. The van der Waals surface area contributed by atoms with Gasteiger partial charge in [0.1, 0.15) is 18.5 Å². The Hall–Kier alpha value is -2.37. The predicted octanol–water partition coefficient (Wildman–Crippen LogP) is 4.20. The van der Waals surface area contributed by atoms with Gasteiger partial charge in [-0.2, -0.15) is 0 Å². The number of nitrogens with zero attached hydrogens (tertiary/aromatic N) is 1. The number of carbonyl (C=O) groups is 1. The third-order valence-electron chi connectivity index (χ3n) is 5.50. The van der Waals surface area contributed by atoms with Crippen LogP contribution in [0.4, 0.5) is 0 Å². The molecule has 1 atom stereocenters. The largest absolute Gasteiger partial charge is 0.491 e. The van der Waals surface area contributed by atoms with Crippen molar-refractivity contribution < 1.29 is 19.4 Å². The standard InChI is InChI=1S/C25H33NO4/c27-25(28)15-18-29-23(19-26-16-7-2-8-17-26)20-30-24-12-6-5-11-22(24)14-13-21-9-3-1-4-10-21/h1,3-6,9-12,23H,2,7-8,13-20H2,(H,27,28). The molecule has 5 nitrogen and oxygen atoms in total. The van der Waals surface area contributed by atoms with Gasteiger partial charge in [0.2, 0.25) is 0 Å². The SMILES string of the molecule is O=C(O)CCOC(COc1ccccc1CCc1ccccc1)CN1CCCCC1. The molecule has 0 amide bonds. The number of carboxylic acids is 1. The molecular weight excluding hydrogens is 378 g/mol. The maximum atomic E-state index is 10.9. The molecule has 0 bridgehead atoms. The van der Waals surface area contributed by atoms with Gasteiger partial charge < -0.3 is 19.5 Å². The molecule has 1 N–H and O–H groups in total. The molecule has 0 radical (unpaired) electrons. The zero-order valence-electron chi connectivity index (χ0n) is 17.7. The number of piperidine rings is 1. The number of rotatable bonds is 12. The summed E-state index contributed by atoms with van der Waals surface area (Å²) in [6, 6.07) is 18.6. The van der Waals surface area contributed by atoms with E-state index in [1.807, 2.05) is 24.3 Å². The van der Waals surface area contributed by atoms with Crippen LogP contribution in [0.25, 0.3) is 0 Å². The fourth-order valence-electron chi connectivity index (χ4n) is 3.85. The van der Waals surface area contributed by atoms with E-state index in [0.29, 0.717) is 6.61 Å². The number of carboxylic acid groups (broad SMARTS) is 1. The van der Waals surface area contributed by atoms with Crippen LogP contribution in [0.15, 0.2) is 54.6 Å². The highest BCUT2D eigenvalue weighted by Gasteiger charge is 2.19. The zero-order chi connectivity index (χ0) is 21.0. The molecule has 0 aromatic heterocycles. The van der Waals surface area contributed by atoms with Crippen molar-refractivity contribution >= 4 is 5.97 Å². The van der Waals surface area contributed by atoms with E-state index in [-0.39, 0.29) is 19.1 Å². The first kappa shape index (κ1) is 22.3. The lowest BCUT2D eigenvalue weighted by molar-refractivity contribution is -0.139. The number of ether oxygens (including phenoxy) is 2. The Morgan fingerprint density at radius 1 is 0.967 bits per heavy atom. The summed E-state index contributed by atoms with van der Waals surface area (Å²) in [5.41, 5.74) is 2.50. The van der Waals surface area contributed by atoms with Crippen LogP contribution >= 0.6 is 0 Å². The Morgan fingerprint density at radius 3 is 2.47 bits per heavy atom. The van der Waals surface area contributed by atoms with Gasteiger partial charge in [-0.05, 0) is 56.0 Å². The van der Waals surface area contributed by atoms with Crippen LogP contribution in [0.5, 0.6) is 5.75 Å². The summed E-state index contributed by atoms with van der Waals surface area (Å²) in [6.45, 7) is 3.58. The Balaban J connectivity index is 1.56. The van der Waals surface area contributed by atoms with E-state index in [4.69, 9.17) is 14.6 Å². The molecule has 2 aromatic rings. The Morgan fingerprint density at radius 2 is 1.70 bits per heavy atom. The number of hydrogen-bond donors (Lipinski definition) is 1. The second-order valence-corrected chi connectivity index (χ2v) is 7.90. The first-order chi connectivity index (χ1) is 14.7. The normalized spacial score (nSPS) is 15.6. The van der Waals surface area contributed by atoms with Gasteiger partial charge in [0.05, 0.1) is 13.0 Å². The minimum Gasteiger partial charge on any atom is -0.491 e. The highest BCUT2D eigenvalue weighted by Crippen LogP contribution is 2.21. The van der Waals surface area contributed by atoms with E-state index >= 15 is 0 Å². The summed E-state index contributed by atoms with van der Waals surface area (Å²) >= 11 is 0. The van der Waals surface area contributed by atoms with Crippen molar-refractivity contribution in [2.45, 2.75) is 44.6 Å². The van der Waals surface area contributed by atoms with Gasteiger partial charge in [-0.3, -0.25) is 4.79 Å². The van der Waals surface area contributed by atoms with Crippen molar-refractivity contribution in [1.82, 2.24) is 4.90 Å². The Kier molecular flexibility index (Phi) is 9.19. The van der Waals surface area contributed by atoms with E-state index in [0.717, 1.165) is 38.2 Å². The first-order valence-electron chi connectivity index (χ1n) is 11.0. The lowest BCUT2D eigenvalue weighted by atomic mass is 10.0. The number of benzene rings is 2. The lowest BCUT2D eigenvalue weighted by Crippen LogP contribution is -2.40. The molecule has 1 unspecified atom stereocenters. The third-order valence-corrected chi connectivity index (χ3v) is 5.50. The average Bonchev–Trinajstić information content (AvgIpc) is 2.77. The molecule has 30 heavy (non-hydrogen) atoms. The summed E-state index contributed by atoms with van der Waals surface area (Å²) < 4.78 is 12.1. The van der Waals surface area contributed by atoms with Crippen molar-refractivity contribution in [3.63, 3.8) is 0 Å². The molecule has 0 spiro atoms. The average molecular weight is 412 g/mol. The summed E-state index contributed by atoms with van der Waals surface area (Å²) in [5, 5.41) is 8.92. The maximum absolute atomic E-state index is 10.9.